The fourth-order valence-corrected chi connectivity index (χ4v) is 3.44. The van der Waals surface area contributed by atoms with Gasteiger partial charge in [0.2, 0.25) is 10.0 Å². The Balaban J connectivity index is 3.25. The summed E-state index contributed by atoms with van der Waals surface area (Å²) in [6, 6.07) is 2.87. The number of nitrogens with two attached hydrogens (primary N) is 1. The number of nitrogens with one attached hydrogen (secondary N) is 1. The molecule has 0 aliphatic rings. The van der Waals surface area contributed by atoms with Gasteiger partial charge in [0.1, 0.15) is 4.90 Å². The van der Waals surface area contributed by atoms with E-state index in [9.17, 15) is 8.42 Å². The average Bonchev–Trinajstić information content (AvgIpc) is 2.31. The summed E-state index contributed by atoms with van der Waals surface area (Å²) in [6.45, 7) is 5.12. The highest BCUT2D eigenvalue weighted by Gasteiger charge is 2.23. The van der Waals surface area contributed by atoms with Crippen LogP contribution >= 0.6 is 0 Å². The minimum absolute atomic E-state index is 0.106. The Labute approximate surface area is 108 Å². The van der Waals surface area contributed by atoms with Crippen LogP contribution in [0.5, 0.6) is 0 Å². The van der Waals surface area contributed by atoms with Crippen molar-refractivity contribution in [2.45, 2.75) is 38.1 Å². The molecule has 4 N–H and O–H groups in total. The van der Waals surface area contributed by atoms with Crippen molar-refractivity contribution in [2.75, 3.05) is 12.3 Å². The van der Waals surface area contributed by atoms with E-state index in [1.54, 1.807) is 26.0 Å². The number of hydrogen-bond donors (Lipinski definition) is 3. The maximum atomic E-state index is 12.3. The van der Waals surface area contributed by atoms with Crippen LogP contribution in [-0.4, -0.2) is 26.2 Å². The number of hydrogen-bond acceptors (Lipinski definition) is 4. The van der Waals surface area contributed by atoms with Gasteiger partial charge in [-0.2, -0.15) is 0 Å². The number of aryl methyl sites for hydroxylation is 1. The lowest BCUT2D eigenvalue weighted by molar-refractivity contribution is 0.254. The first-order chi connectivity index (χ1) is 8.33. The second-order valence-corrected chi connectivity index (χ2v) is 5.99. The zero-order valence-corrected chi connectivity index (χ0v) is 11.7. The summed E-state index contributed by atoms with van der Waals surface area (Å²) in [6.07, 6.45) is 0.514. The number of anilines is 1. The first-order valence-corrected chi connectivity index (χ1v) is 7.30. The topological polar surface area (TPSA) is 92.4 Å². The molecule has 1 atom stereocenters. The molecule has 0 aliphatic heterocycles. The molecular formula is C12H20N2O3S. The molecule has 1 unspecified atom stereocenters. The van der Waals surface area contributed by atoms with Crippen LogP contribution in [0.3, 0.4) is 0 Å². The van der Waals surface area contributed by atoms with Gasteiger partial charge >= 0.3 is 0 Å². The number of aliphatic hydroxyl groups is 1. The monoisotopic (exact) mass is 272 g/mol. The summed E-state index contributed by atoms with van der Waals surface area (Å²) in [5, 5.41) is 9.07. The van der Waals surface area contributed by atoms with Gasteiger partial charge in [0.15, 0.2) is 0 Å². The van der Waals surface area contributed by atoms with E-state index in [1.807, 2.05) is 6.92 Å². The molecule has 1 aromatic rings. The van der Waals surface area contributed by atoms with Crippen LogP contribution < -0.4 is 10.5 Å². The Morgan fingerprint density at radius 1 is 1.39 bits per heavy atom. The molecule has 0 heterocycles. The van der Waals surface area contributed by atoms with Crippen LogP contribution in [0.15, 0.2) is 17.0 Å². The standard InChI is InChI=1S/C12H20N2O3S/c1-4-10(7-15)14-18(16,17)12-9(3)8(2)5-6-11(12)13/h5-6,10,14-15H,4,7,13H2,1-3H3. The van der Waals surface area contributed by atoms with E-state index in [0.29, 0.717) is 12.0 Å². The molecule has 0 radical (unpaired) electrons. The molecule has 0 amide bonds. The third-order valence-corrected chi connectivity index (χ3v) is 4.73. The molecule has 18 heavy (non-hydrogen) atoms. The summed E-state index contributed by atoms with van der Waals surface area (Å²) < 4.78 is 27.0. The quantitative estimate of drug-likeness (QED) is 0.695. The van der Waals surface area contributed by atoms with Crippen LogP contribution in [-0.2, 0) is 10.0 Å². The van der Waals surface area contributed by atoms with Gasteiger partial charge in [-0.25, -0.2) is 13.1 Å². The number of rotatable bonds is 5. The smallest absolute Gasteiger partial charge is 0.243 e. The van der Waals surface area contributed by atoms with E-state index in [2.05, 4.69) is 4.72 Å². The van der Waals surface area contributed by atoms with Gasteiger partial charge in [-0.1, -0.05) is 13.0 Å². The highest BCUT2D eigenvalue weighted by Crippen LogP contribution is 2.25. The highest BCUT2D eigenvalue weighted by atomic mass is 32.2. The number of aliphatic hydroxyl groups excluding tert-OH is 1. The van der Waals surface area contributed by atoms with Crippen LogP contribution in [0.4, 0.5) is 5.69 Å². The van der Waals surface area contributed by atoms with Crippen molar-refractivity contribution in [3.05, 3.63) is 23.3 Å². The van der Waals surface area contributed by atoms with E-state index in [-0.39, 0.29) is 17.2 Å². The third-order valence-electron chi connectivity index (χ3n) is 3.01. The molecular weight excluding hydrogens is 252 g/mol. The minimum atomic E-state index is -3.70. The first-order valence-electron chi connectivity index (χ1n) is 5.82. The Bertz CT molecular complexity index is 522. The van der Waals surface area contributed by atoms with Crippen molar-refractivity contribution in [3.63, 3.8) is 0 Å². The van der Waals surface area contributed by atoms with Crippen molar-refractivity contribution in [2.24, 2.45) is 0 Å². The molecule has 0 aromatic heterocycles. The first kappa shape index (κ1) is 14.9. The summed E-state index contributed by atoms with van der Waals surface area (Å²) in [7, 11) is -3.70. The largest absolute Gasteiger partial charge is 0.398 e. The molecule has 1 aromatic carbocycles. The zero-order chi connectivity index (χ0) is 13.9. The van der Waals surface area contributed by atoms with Crippen LogP contribution in [0.1, 0.15) is 24.5 Å². The molecule has 5 nitrogen and oxygen atoms in total. The van der Waals surface area contributed by atoms with E-state index in [0.717, 1.165) is 5.56 Å². The maximum Gasteiger partial charge on any atom is 0.243 e. The fourth-order valence-electron chi connectivity index (χ4n) is 1.70. The number of nitrogen functional groups attached to an aromatic ring is 1. The van der Waals surface area contributed by atoms with Gasteiger partial charge in [-0.15, -0.1) is 0 Å². The number of sulfonamides is 1. The molecule has 102 valence electrons. The predicted molar refractivity (Wildman–Crippen MR) is 71.8 cm³/mol. The summed E-state index contributed by atoms with van der Waals surface area (Å²) >= 11 is 0. The molecule has 0 bridgehead atoms. The second kappa shape index (κ2) is 5.69. The molecule has 0 fully saturated rings. The molecule has 0 spiro atoms. The second-order valence-electron chi connectivity index (χ2n) is 4.33. The number of benzene rings is 1. The summed E-state index contributed by atoms with van der Waals surface area (Å²) in [5.41, 5.74) is 7.47. The zero-order valence-electron chi connectivity index (χ0n) is 10.9. The Morgan fingerprint density at radius 2 is 2.00 bits per heavy atom. The molecule has 6 heteroatoms. The minimum Gasteiger partial charge on any atom is -0.398 e. The van der Waals surface area contributed by atoms with Crippen molar-refractivity contribution in [1.82, 2.24) is 4.72 Å². The molecule has 1 rings (SSSR count). The lowest BCUT2D eigenvalue weighted by Gasteiger charge is -2.17. The van der Waals surface area contributed by atoms with Gasteiger partial charge in [-0.3, -0.25) is 0 Å². The van der Waals surface area contributed by atoms with Crippen LogP contribution in [0.2, 0.25) is 0 Å². The van der Waals surface area contributed by atoms with Gasteiger partial charge in [-0.05, 0) is 37.5 Å². The highest BCUT2D eigenvalue weighted by molar-refractivity contribution is 7.89. The lowest BCUT2D eigenvalue weighted by Crippen LogP contribution is -2.37. The summed E-state index contributed by atoms with van der Waals surface area (Å²) in [5.74, 6) is 0. The Hall–Kier alpha value is -1.11. The van der Waals surface area contributed by atoms with Crippen LogP contribution in [0.25, 0.3) is 0 Å². The SMILES string of the molecule is CCC(CO)NS(=O)(=O)c1c(N)ccc(C)c1C. The van der Waals surface area contributed by atoms with E-state index >= 15 is 0 Å². The lowest BCUT2D eigenvalue weighted by atomic mass is 10.1. The normalized spacial score (nSPS) is 13.6. The van der Waals surface area contributed by atoms with Crippen molar-refractivity contribution >= 4 is 15.7 Å². The van der Waals surface area contributed by atoms with Gasteiger partial charge in [0, 0.05) is 6.04 Å². The average molecular weight is 272 g/mol. The fraction of sp³-hybridized carbons (Fsp3) is 0.500. The van der Waals surface area contributed by atoms with E-state index in [1.165, 1.54) is 0 Å². The Kier molecular flexibility index (Phi) is 4.72. The van der Waals surface area contributed by atoms with Crippen LogP contribution in [0, 0.1) is 13.8 Å². The van der Waals surface area contributed by atoms with Gasteiger partial charge in [0.25, 0.3) is 0 Å². The van der Waals surface area contributed by atoms with Crippen molar-refractivity contribution in [1.29, 1.82) is 0 Å². The van der Waals surface area contributed by atoms with Gasteiger partial charge < -0.3 is 10.8 Å². The molecule has 0 saturated carbocycles. The van der Waals surface area contributed by atoms with E-state index < -0.39 is 16.1 Å². The predicted octanol–water partition coefficient (Wildman–Crippen LogP) is 0.935. The van der Waals surface area contributed by atoms with Crippen molar-refractivity contribution in [3.8, 4) is 0 Å². The van der Waals surface area contributed by atoms with Crippen molar-refractivity contribution < 1.29 is 13.5 Å². The van der Waals surface area contributed by atoms with Gasteiger partial charge in [0.05, 0.1) is 12.3 Å². The Morgan fingerprint density at radius 3 is 2.50 bits per heavy atom. The third kappa shape index (κ3) is 3.01. The molecule has 0 aliphatic carbocycles. The maximum absolute atomic E-state index is 12.3. The molecule has 0 saturated heterocycles. The van der Waals surface area contributed by atoms with E-state index in [4.69, 9.17) is 10.8 Å². The summed E-state index contributed by atoms with van der Waals surface area (Å²) in [4.78, 5) is 0.106.